The van der Waals surface area contributed by atoms with Gasteiger partial charge in [0.1, 0.15) is 0 Å². The third kappa shape index (κ3) is 3.27. The summed E-state index contributed by atoms with van der Waals surface area (Å²) in [6.07, 6.45) is 5.14. The predicted molar refractivity (Wildman–Crippen MR) is 73.0 cm³/mol. The second-order valence-corrected chi connectivity index (χ2v) is 6.22. The number of hydrogen-bond donors (Lipinski definition) is 1. The number of nitrogens with zero attached hydrogens (tertiary/aromatic N) is 2. The van der Waals surface area contributed by atoms with Crippen LogP contribution in [0.25, 0.3) is 0 Å². The molecule has 3 atom stereocenters. The number of hydrogen-bond acceptors (Lipinski definition) is 4. The summed E-state index contributed by atoms with van der Waals surface area (Å²) in [5.41, 5.74) is 0. The molecule has 5 nitrogen and oxygen atoms in total. The zero-order chi connectivity index (χ0) is 13.2. The second kappa shape index (κ2) is 5.77. The summed E-state index contributed by atoms with van der Waals surface area (Å²) in [6.45, 7) is 4.77. The first kappa shape index (κ1) is 13.3. The van der Waals surface area contributed by atoms with E-state index in [2.05, 4.69) is 22.2 Å². The molecule has 0 aliphatic carbocycles. The molecule has 3 heterocycles. The Bertz CT molecular complexity index is 337. The van der Waals surface area contributed by atoms with Crippen LogP contribution in [0.15, 0.2) is 0 Å². The van der Waals surface area contributed by atoms with E-state index in [-0.39, 0.29) is 18.1 Å². The van der Waals surface area contributed by atoms with Crippen LogP contribution in [0.1, 0.15) is 25.7 Å². The summed E-state index contributed by atoms with van der Waals surface area (Å²) in [4.78, 5) is 16.7. The number of likely N-dealkylation sites (N-methyl/N-ethyl adjacent to an activating group) is 1. The maximum atomic E-state index is 12.1. The van der Waals surface area contributed by atoms with Crippen LogP contribution in [-0.2, 0) is 9.53 Å². The van der Waals surface area contributed by atoms with E-state index in [1.807, 2.05) is 0 Å². The zero-order valence-electron chi connectivity index (χ0n) is 11.8. The lowest BCUT2D eigenvalue weighted by Gasteiger charge is -2.23. The van der Waals surface area contributed by atoms with Crippen LogP contribution in [-0.4, -0.2) is 73.7 Å². The highest BCUT2D eigenvalue weighted by atomic mass is 16.5. The summed E-state index contributed by atoms with van der Waals surface area (Å²) >= 11 is 0. The van der Waals surface area contributed by atoms with Crippen molar-refractivity contribution in [2.24, 2.45) is 0 Å². The molecule has 3 aliphatic heterocycles. The smallest absolute Gasteiger partial charge is 0.234 e. The van der Waals surface area contributed by atoms with Gasteiger partial charge in [-0.3, -0.25) is 9.69 Å². The molecule has 0 aromatic heterocycles. The lowest BCUT2D eigenvalue weighted by Crippen LogP contribution is -2.46. The molecule has 5 heteroatoms. The molecule has 0 spiro atoms. The molecular weight excluding hydrogens is 242 g/mol. The van der Waals surface area contributed by atoms with Gasteiger partial charge in [0, 0.05) is 13.1 Å². The van der Waals surface area contributed by atoms with Gasteiger partial charge in [0.25, 0.3) is 0 Å². The van der Waals surface area contributed by atoms with E-state index < -0.39 is 0 Å². The van der Waals surface area contributed by atoms with Gasteiger partial charge in [-0.05, 0) is 45.8 Å². The molecular formula is C14H25N3O2. The predicted octanol–water partition coefficient (Wildman–Crippen LogP) is 0.0600. The lowest BCUT2D eigenvalue weighted by atomic mass is 9.95. The average Bonchev–Trinajstić information content (AvgIpc) is 2.92. The number of amides is 1. The fourth-order valence-corrected chi connectivity index (χ4v) is 3.50. The molecule has 3 saturated heterocycles. The quantitative estimate of drug-likeness (QED) is 0.785. The highest BCUT2D eigenvalue weighted by molar-refractivity contribution is 5.78. The molecule has 108 valence electrons. The Hall–Kier alpha value is -0.650. The van der Waals surface area contributed by atoms with Crippen molar-refractivity contribution in [3.05, 3.63) is 0 Å². The van der Waals surface area contributed by atoms with Gasteiger partial charge in [0.15, 0.2) is 0 Å². The van der Waals surface area contributed by atoms with E-state index >= 15 is 0 Å². The zero-order valence-corrected chi connectivity index (χ0v) is 11.8. The molecule has 3 aliphatic rings. The van der Waals surface area contributed by atoms with Crippen molar-refractivity contribution in [1.82, 2.24) is 15.1 Å². The number of carbonyl (C=O) groups excluding carboxylic acids is 1. The lowest BCUT2D eigenvalue weighted by molar-refractivity contribution is -0.123. The topological polar surface area (TPSA) is 44.8 Å². The molecule has 19 heavy (non-hydrogen) atoms. The third-order valence-electron chi connectivity index (χ3n) is 4.63. The maximum Gasteiger partial charge on any atom is 0.234 e. The minimum absolute atomic E-state index is 0.172. The first-order valence-corrected chi connectivity index (χ1v) is 7.56. The van der Waals surface area contributed by atoms with Gasteiger partial charge < -0.3 is 15.0 Å². The van der Waals surface area contributed by atoms with Crippen LogP contribution in [0.4, 0.5) is 0 Å². The van der Waals surface area contributed by atoms with Crippen LogP contribution in [0.2, 0.25) is 0 Å². The Labute approximate surface area is 115 Å². The van der Waals surface area contributed by atoms with Crippen molar-refractivity contribution in [3.8, 4) is 0 Å². The molecule has 2 bridgehead atoms. The first-order valence-electron chi connectivity index (χ1n) is 7.56. The summed E-state index contributed by atoms with van der Waals surface area (Å²) < 4.78 is 5.77. The monoisotopic (exact) mass is 267 g/mol. The number of nitrogens with one attached hydrogen (secondary N) is 1. The van der Waals surface area contributed by atoms with Gasteiger partial charge in [-0.1, -0.05) is 0 Å². The molecule has 0 unspecified atom stereocenters. The number of ether oxygens (including phenoxy) is 1. The van der Waals surface area contributed by atoms with Gasteiger partial charge in [-0.25, -0.2) is 0 Å². The van der Waals surface area contributed by atoms with Gasteiger partial charge in [0.2, 0.25) is 5.91 Å². The Balaban J connectivity index is 1.43. The van der Waals surface area contributed by atoms with Gasteiger partial charge in [-0.15, -0.1) is 0 Å². The number of fused-ring (bicyclic) bond motifs is 2. The Morgan fingerprint density at radius 1 is 1.26 bits per heavy atom. The van der Waals surface area contributed by atoms with Crippen LogP contribution < -0.4 is 5.32 Å². The third-order valence-corrected chi connectivity index (χ3v) is 4.63. The molecule has 0 saturated carbocycles. The van der Waals surface area contributed by atoms with E-state index in [4.69, 9.17) is 4.74 Å². The maximum absolute atomic E-state index is 12.1. The molecule has 3 fully saturated rings. The van der Waals surface area contributed by atoms with Crippen LogP contribution in [0.5, 0.6) is 0 Å². The van der Waals surface area contributed by atoms with E-state index in [0.29, 0.717) is 12.6 Å². The van der Waals surface area contributed by atoms with Crippen molar-refractivity contribution in [1.29, 1.82) is 0 Å². The fourth-order valence-electron chi connectivity index (χ4n) is 3.50. The van der Waals surface area contributed by atoms with Gasteiger partial charge in [0.05, 0.1) is 24.8 Å². The SMILES string of the molecule is CN1CCCN(CC(=O)N[C@@H]2C[C@@H]3CC[C@H]2O3)CC1. The molecule has 0 aromatic carbocycles. The minimum Gasteiger partial charge on any atom is -0.373 e. The Kier molecular flexibility index (Phi) is 4.05. The number of rotatable bonds is 3. The van der Waals surface area contributed by atoms with Crippen molar-refractivity contribution >= 4 is 5.91 Å². The first-order chi connectivity index (χ1) is 9.20. The van der Waals surface area contributed by atoms with E-state index in [9.17, 15) is 4.79 Å². The number of carbonyl (C=O) groups is 1. The largest absolute Gasteiger partial charge is 0.373 e. The van der Waals surface area contributed by atoms with Crippen molar-refractivity contribution in [2.45, 2.75) is 43.9 Å². The summed E-state index contributed by atoms with van der Waals surface area (Å²) in [5, 5.41) is 3.17. The van der Waals surface area contributed by atoms with Crippen LogP contribution in [0, 0.1) is 0 Å². The second-order valence-electron chi connectivity index (χ2n) is 6.22. The standard InChI is InChI=1S/C14H25N3O2/c1-16-5-2-6-17(8-7-16)10-14(18)15-12-9-11-3-4-13(12)19-11/h11-13H,2-10H2,1H3,(H,15,18)/t11-,12+,13+/m0/s1. The van der Waals surface area contributed by atoms with Crippen molar-refractivity contribution in [2.75, 3.05) is 39.8 Å². The van der Waals surface area contributed by atoms with Gasteiger partial charge >= 0.3 is 0 Å². The van der Waals surface area contributed by atoms with Crippen molar-refractivity contribution in [3.63, 3.8) is 0 Å². The van der Waals surface area contributed by atoms with E-state index in [1.165, 1.54) is 6.42 Å². The average molecular weight is 267 g/mol. The van der Waals surface area contributed by atoms with Crippen LogP contribution >= 0.6 is 0 Å². The summed E-state index contributed by atoms with van der Waals surface area (Å²) in [7, 11) is 2.15. The minimum atomic E-state index is 0.172. The highest BCUT2D eigenvalue weighted by Gasteiger charge is 2.41. The molecule has 1 amide bonds. The molecule has 0 radical (unpaired) electrons. The van der Waals surface area contributed by atoms with E-state index in [1.54, 1.807) is 0 Å². The summed E-state index contributed by atoms with van der Waals surface area (Å²) in [6, 6.07) is 0.265. The summed E-state index contributed by atoms with van der Waals surface area (Å²) in [5.74, 6) is 0.172. The van der Waals surface area contributed by atoms with Crippen molar-refractivity contribution < 1.29 is 9.53 Å². The normalized spacial score (nSPS) is 36.4. The fraction of sp³-hybridized carbons (Fsp3) is 0.929. The Morgan fingerprint density at radius 2 is 2.16 bits per heavy atom. The molecule has 0 aromatic rings. The Morgan fingerprint density at radius 3 is 2.89 bits per heavy atom. The molecule has 1 N–H and O–H groups in total. The van der Waals surface area contributed by atoms with Crippen LogP contribution in [0.3, 0.4) is 0 Å². The van der Waals surface area contributed by atoms with Gasteiger partial charge in [-0.2, -0.15) is 0 Å². The highest BCUT2D eigenvalue weighted by Crippen LogP contribution is 2.34. The molecule has 3 rings (SSSR count). The van der Waals surface area contributed by atoms with E-state index in [0.717, 1.165) is 45.4 Å².